The van der Waals surface area contributed by atoms with Crippen LogP contribution in [-0.2, 0) is 4.74 Å². The summed E-state index contributed by atoms with van der Waals surface area (Å²) in [5, 5.41) is 2.71. The number of nitrogens with two attached hydrogens (primary N) is 1. The summed E-state index contributed by atoms with van der Waals surface area (Å²) in [5.74, 6) is -2.36. The van der Waals surface area contributed by atoms with E-state index in [4.69, 9.17) is 10.5 Å². The van der Waals surface area contributed by atoms with E-state index in [9.17, 15) is 13.6 Å². The summed E-state index contributed by atoms with van der Waals surface area (Å²) in [5.41, 5.74) is 4.86. The van der Waals surface area contributed by atoms with Gasteiger partial charge in [0.15, 0.2) is 0 Å². The molecule has 6 heteroatoms. The number of amides is 1. The fourth-order valence-electron chi connectivity index (χ4n) is 2.29. The van der Waals surface area contributed by atoms with Gasteiger partial charge in [-0.1, -0.05) is 0 Å². The van der Waals surface area contributed by atoms with E-state index in [1.807, 2.05) is 0 Å². The van der Waals surface area contributed by atoms with Crippen molar-refractivity contribution in [3.63, 3.8) is 0 Å². The first-order valence-electron chi connectivity index (χ1n) is 6.09. The first-order valence-corrected chi connectivity index (χ1v) is 6.09. The van der Waals surface area contributed by atoms with Gasteiger partial charge in [-0.25, -0.2) is 8.78 Å². The van der Waals surface area contributed by atoms with Crippen molar-refractivity contribution in [2.45, 2.75) is 31.4 Å². The molecule has 4 nitrogen and oxygen atoms in total. The molecule has 1 aromatic rings. The summed E-state index contributed by atoms with van der Waals surface area (Å²) in [6, 6.07) is 1.59. The quantitative estimate of drug-likeness (QED) is 0.824. The highest BCUT2D eigenvalue weighted by atomic mass is 19.1. The molecule has 1 aromatic carbocycles. The van der Waals surface area contributed by atoms with Gasteiger partial charge in [0.05, 0.1) is 17.4 Å². The van der Waals surface area contributed by atoms with Gasteiger partial charge in [0, 0.05) is 19.2 Å². The van der Waals surface area contributed by atoms with Crippen molar-refractivity contribution < 1.29 is 18.3 Å². The van der Waals surface area contributed by atoms with E-state index in [1.54, 1.807) is 7.11 Å². The molecule has 2 atom stereocenters. The Morgan fingerprint density at radius 1 is 1.37 bits per heavy atom. The van der Waals surface area contributed by atoms with Gasteiger partial charge in [0.2, 0.25) is 0 Å². The summed E-state index contributed by atoms with van der Waals surface area (Å²) in [4.78, 5) is 11.9. The second-order valence-electron chi connectivity index (χ2n) is 4.69. The van der Waals surface area contributed by atoms with Gasteiger partial charge in [-0.2, -0.15) is 0 Å². The molecule has 0 aromatic heterocycles. The molecule has 19 heavy (non-hydrogen) atoms. The first-order chi connectivity index (χ1) is 9.01. The molecule has 0 heterocycles. The highest BCUT2D eigenvalue weighted by Crippen LogP contribution is 2.22. The van der Waals surface area contributed by atoms with Gasteiger partial charge in [0.1, 0.15) is 11.6 Å². The third-order valence-electron chi connectivity index (χ3n) is 3.38. The Kier molecular flexibility index (Phi) is 3.99. The summed E-state index contributed by atoms with van der Waals surface area (Å²) >= 11 is 0. The molecule has 0 aliphatic heterocycles. The molecule has 0 bridgehead atoms. The third-order valence-corrected chi connectivity index (χ3v) is 3.38. The minimum absolute atomic E-state index is 0.0527. The van der Waals surface area contributed by atoms with Crippen molar-refractivity contribution in [2.75, 3.05) is 12.8 Å². The van der Waals surface area contributed by atoms with Crippen LogP contribution in [0.15, 0.2) is 12.1 Å². The molecule has 1 aliphatic carbocycles. The summed E-state index contributed by atoms with van der Waals surface area (Å²) in [7, 11) is 1.62. The van der Waals surface area contributed by atoms with E-state index in [-0.39, 0.29) is 23.4 Å². The molecule has 1 saturated carbocycles. The highest BCUT2D eigenvalue weighted by Gasteiger charge is 2.26. The number of methoxy groups -OCH3 is 1. The summed E-state index contributed by atoms with van der Waals surface area (Å²) in [6.45, 7) is 0. The lowest BCUT2D eigenvalue weighted by atomic mass is 10.1. The van der Waals surface area contributed by atoms with Crippen molar-refractivity contribution in [3.8, 4) is 0 Å². The molecule has 2 unspecified atom stereocenters. The zero-order valence-corrected chi connectivity index (χ0v) is 10.6. The lowest BCUT2D eigenvalue weighted by molar-refractivity contribution is 0.0911. The minimum atomic E-state index is -0.912. The second kappa shape index (κ2) is 5.52. The average Bonchev–Trinajstić information content (AvgIpc) is 2.81. The van der Waals surface area contributed by atoms with Crippen LogP contribution < -0.4 is 11.1 Å². The van der Waals surface area contributed by atoms with E-state index in [2.05, 4.69) is 5.32 Å². The minimum Gasteiger partial charge on any atom is -0.396 e. The number of carbonyl (C=O) groups is 1. The molecule has 1 amide bonds. The molecule has 0 saturated heterocycles. The number of nitrogen functional groups attached to an aromatic ring is 1. The fraction of sp³-hybridized carbons (Fsp3) is 0.462. The van der Waals surface area contributed by atoms with Crippen molar-refractivity contribution in [1.29, 1.82) is 0 Å². The number of anilines is 1. The van der Waals surface area contributed by atoms with Crippen molar-refractivity contribution >= 4 is 11.6 Å². The van der Waals surface area contributed by atoms with Gasteiger partial charge < -0.3 is 15.8 Å². The Hall–Kier alpha value is -1.69. The standard InChI is InChI=1S/C13H16F2N2O2/c1-19-8-3-2-7(4-8)17-13(18)9-5-12(16)11(15)6-10(9)14/h5-8H,2-4,16H2,1H3,(H,17,18). The van der Waals surface area contributed by atoms with Crippen LogP contribution in [0.5, 0.6) is 0 Å². The Labute approximate surface area is 109 Å². The molecular formula is C13H16F2N2O2. The molecule has 104 valence electrons. The Morgan fingerprint density at radius 2 is 2.11 bits per heavy atom. The van der Waals surface area contributed by atoms with Gasteiger partial charge in [-0.15, -0.1) is 0 Å². The number of nitrogens with one attached hydrogen (secondary N) is 1. The number of benzene rings is 1. The SMILES string of the molecule is COC1CCC(NC(=O)c2cc(N)c(F)cc2F)C1. The number of carbonyl (C=O) groups excluding carboxylic acids is 1. The van der Waals surface area contributed by atoms with Crippen LogP contribution in [-0.4, -0.2) is 25.2 Å². The van der Waals surface area contributed by atoms with Gasteiger partial charge >= 0.3 is 0 Å². The molecule has 1 fully saturated rings. The summed E-state index contributed by atoms with van der Waals surface area (Å²) in [6.07, 6.45) is 2.45. The van der Waals surface area contributed by atoms with E-state index < -0.39 is 17.5 Å². The van der Waals surface area contributed by atoms with Crippen LogP contribution in [0.1, 0.15) is 29.6 Å². The predicted octanol–water partition coefficient (Wildman–Crippen LogP) is 1.84. The van der Waals surface area contributed by atoms with Gasteiger partial charge in [-0.05, 0) is 25.3 Å². The molecule has 1 aliphatic rings. The van der Waals surface area contributed by atoms with Gasteiger partial charge in [-0.3, -0.25) is 4.79 Å². The molecule has 0 spiro atoms. The Morgan fingerprint density at radius 3 is 2.74 bits per heavy atom. The zero-order valence-electron chi connectivity index (χ0n) is 10.6. The van der Waals surface area contributed by atoms with E-state index in [0.29, 0.717) is 12.5 Å². The van der Waals surface area contributed by atoms with Crippen LogP contribution in [0.4, 0.5) is 14.5 Å². The maximum atomic E-state index is 13.5. The van der Waals surface area contributed by atoms with Crippen LogP contribution in [0.2, 0.25) is 0 Å². The number of hydrogen-bond acceptors (Lipinski definition) is 3. The molecule has 2 rings (SSSR count). The number of hydrogen-bond donors (Lipinski definition) is 2. The summed E-state index contributed by atoms with van der Waals surface area (Å²) < 4.78 is 31.7. The second-order valence-corrected chi connectivity index (χ2v) is 4.69. The smallest absolute Gasteiger partial charge is 0.254 e. The topological polar surface area (TPSA) is 64.3 Å². The fourth-order valence-corrected chi connectivity index (χ4v) is 2.29. The average molecular weight is 270 g/mol. The van der Waals surface area contributed by atoms with Crippen molar-refractivity contribution in [3.05, 3.63) is 29.3 Å². The number of rotatable bonds is 3. The lowest BCUT2D eigenvalue weighted by Gasteiger charge is -2.13. The van der Waals surface area contributed by atoms with Crippen LogP contribution in [0.25, 0.3) is 0 Å². The van der Waals surface area contributed by atoms with E-state index >= 15 is 0 Å². The molecule has 3 N–H and O–H groups in total. The molecule has 0 radical (unpaired) electrons. The maximum Gasteiger partial charge on any atom is 0.254 e. The first kappa shape index (κ1) is 13.7. The molecular weight excluding hydrogens is 254 g/mol. The zero-order chi connectivity index (χ0) is 14.0. The van der Waals surface area contributed by atoms with Crippen LogP contribution >= 0.6 is 0 Å². The number of ether oxygens (including phenoxy) is 1. The Bertz CT molecular complexity index is 494. The monoisotopic (exact) mass is 270 g/mol. The van der Waals surface area contributed by atoms with E-state index in [1.165, 1.54) is 0 Å². The van der Waals surface area contributed by atoms with Crippen LogP contribution in [0.3, 0.4) is 0 Å². The van der Waals surface area contributed by atoms with Crippen molar-refractivity contribution in [2.24, 2.45) is 0 Å². The predicted molar refractivity (Wildman–Crippen MR) is 66.7 cm³/mol. The Balaban J connectivity index is 2.06. The largest absolute Gasteiger partial charge is 0.396 e. The highest BCUT2D eigenvalue weighted by molar-refractivity contribution is 5.95. The lowest BCUT2D eigenvalue weighted by Crippen LogP contribution is -2.34. The van der Waals surface area contributed by atoms with Crippen molar-refractivity contribution in [1.82, 2.24) is 5.32 Å². The van der Waals surface area contributed by atoms with E-state index in [0.717, 1.165) is 18.9 Å². The number of halogens is 2. The normalized spacial score (nSPS) is 22.5. The van der Waals surface area contributed by atoms with Gasteiger partial charge in [0.25, 0.3) is 5.91 Å². The van der Waals surface area contributed by atoms with Crippen LogP contribution in [0, 0.1) is 11.6 Å². The third kappa shape index (κ3) is 3.01. The maximum absolute atomic E-state index is 13.5.